The number of rotatable bonds is 4. The van der Waals surface area contributed by atoms with Crippen molar-refractivity contribution in [1.29, 1.82) is 5.26 Å². The molecule has 0 atom stereocenters. The maximum atomic E-state index is 8.82. The van der Waals surface area contributed by atoms with Crippen LogP contribution in [0.5, 0.6) is 0 Å². The van der Waals surface area contributed by atoms with E-state index in [-0.39, 0.29) is 0 Å². The number of nitriles is 1. The van der Waals surface area contributed by atoms with Crippen molar-refractivity contribution in [2.75, 3.05) is 5.32 Å². The van der Waals surface area contributed by atoms with E-state index in [1.807, 2.05) is 31.2 Å². The zero-order valence-corrected chi connectivity index (χ0v) is 12.1. The number of anilines is 1. The summed E-state index contributed by atoms with van der Waals surface area (Å²) in [6.45, 7) is 2.72. The fourth-order valence-corrected chi connectivity index (χ4v) is 2.76. The number of nitrogens with zero attached hydrogens (tertiary/aromatic N) is 5. The molecule has 0 aliphatic rings. The Morgan fingerprint density at radius 1 is 1.33 bits per heavy atom. The molecule has 0 amide bonds. The monoisotopic (exact) mass is 296 g/mol. The zero-order chi connectivity index (χ0) is 14.7. The van der Waals surface area contributed by atoms with Crippen molar-refractivity contribution in [3.63, 3.8) is 0 Å². The molecule has 3 rings (SSSR count). The van der Waals surface area contributed by atoms with Crippen molar-refractivity contribution in [3.05, 3.63) is 52.0 Å². The lowest BCUT2D eigenvalue weighted by molar-refractivity contribution is 0.785. The summed E-state index contributed by atoms with van der Waals surface area (Å²) < 4.78 is 1.64. The average molecular weight is 296 g/mol. The van der Waals surface area contributed by atoms with E-state index >= 15 is 0 Å². The molecule has 0 radical (unpaired) electrons. The fraction of sp³-hybridized carbons (Fsp3) is 0.143. The van der Waals surface area contributed by atoms with Crippen LogP contribution in [0.15, 0.2) is 36.7 Å². The first kappa shape index (κ1) is 13.3. The number of benzene rings is 1. The highest BCUT2D eigenvalue weighted by atomic mass is 32.1. The molecule has 3 aromatic rings. The van der Waals surface area contributed by atoms with Gasteiger partial charge in [0.1, 0.15) is 17.3 Å². The molecular weight excluding hydrogens is 284 g/mol. The normalized spacial score (nSPS) is 10.3. The molecule has 0 saturated carbocycles. The summed E-state index contributed by atoms with van der Waals surface area (Å²) in [5, 5.41) is 23.3. The summed E-state index contributed by atoms with van der Waals surface area (Å²) in [4.78, 5) is 1.87. The lowest BCUT2D eigenvalue weighted by Gasteiger charge is -2.09. The van der Waals surface area contributed by atoms with Gasteiger partial charge in [-0.05, 0) is 53.2 Å². The molecule has 0 aliphatic carbocycles. The Hall–Kier alpha value is -2.72. The Morgan fingerprint density at radius 3 is 2.90 bits per heavy atom. The van der Waals surface area contributed by atoms with Crippen molar-refractivity contribution < 1.29 is 0 Å². The molecule has 0 fully saturated rings. The SMILES string of the molecule is Cc1cc(NCc2ccc(C#N)s2)ccc1-n1cnnn1. The van der Waals surface area contributed by atoms with Crippen molar-refractivity contribution in [1.82, 2.24) is 20.2 Å². The highest BCUT2D eigenvalue weighted by Crippen LogP contribution is 2.20. The van der Waals surface area contributed by atoms with Crippen molar-refractivity contribution >= 4 is 17.0 Å². The summed E-state index contributed by atoms with van der Waals surface area (Å²) in [6.07, 6.45) is 1.57. The number of tetrazole rings is 1. The third-order valence-corrected chi connectivity index (χ3v) is 4.02. The van der Waals surface area contributed by atoms with E-state index in [1.165, 1.54) is 11.3 Å². The van der Waals surface area contributed by atoms with Gasteiger partial charge < -0.3 is 5.32 Å². The molecule has 0 unspecified atom stereocenters. The van der Waals surface area contributed by atoms with Gasteiger partial charge in [-0.25, -0.2) is 4.68 Å². The molecule has 104 valence electrons. The van der Waals surface area contributed by atoms with Crippen LogP contribution in [-0.4, -0.2) is 20.2 Å². The maximum absolute atomic E-state index is 8.82. The van der Waals surface area contributed by atoms with Crippen LogP contribution >= 0.6 is 11.3 Å². The van der Waals surface area contributed by atoms with Crippen LogP contribution in [0.1, 0.15) is 15.3 Å². The van der Waals surface area contributed by atoms with Crippen LogP contribution in [-0.2, 0) is 6.54 Å². The first-order valence-electron chi connectivity index (χ1n) is 6.33. The first-order chi connectivity index (χ1) is 10.3. The van der Waals surface area contributed by atoms with Crippen LogP contribution in [0.4, 0.5) is 5.69 Å². The Bertz CT molecular complexity index is 784. The van der Waals surface area contributed by atoms with E-state index in [0.29, 0.717) is 6.54 Å². The van der Waals surface area contributed by atoms with Gasteiger partial charge in [0.2, 0.25) is 0 Å². The molecule has 0 bridgehead atoms. The smallest absolute Gasteiger partial charge is 0.143 e. The zero-order valence-electron chi connectivity index (χ0n) is 11.3. The van der Waals surface area contributed by atoms with E-state index in [2.05, 4.69) is 33.0 Å². The van der Waals surface area contributed by atoms with Gasteiger partial charge >= 0.3 is 0 Å². The summed E-state index contributed by atoms with van der Waals surface area (Å²) in [5.74, 6) is 0. The molecule has 1 aromatic carbocycles. The minimum Gasteiger partial charge on any atom is -0.380 e. The number of hydrogen-bond donors (Lipinski definition) is 1. The third kappa shape index (κ3) is 2.90. The molecule has 21 heavy (non-hydrogen) atoms. The topological polar surface area (TPSA) is 79.4 Å². The second kappa shape index (κ2) is 5.73. The summed E-state index contributed by atoms with van der Waals surface area (Å²) in [6, 6.07) is 12.0. The molecule has 2 heterocycles. The number of aryl methyl sites for hydroxylation is 1. The molecule has 0 saturated heterocycles. The van der Waals surface area contributed by atoms with Crippen LogP contribution in [0, 0.1) is 18.3 Å². The number of nitrogens with one attached hydrogen (secondary N) is 1. The van der Waals surface area contributed by atoms with Crippen LogP contribution in [0.2, 0.25) is 0 Å². The molecule has 2 aromatic heterocycles. The highest BCUT2D eigenvalue weighted by molar-refractivity contribution is 7.12. The Kier molecular flexibility index (Phi) is 3.62. The van der Waals surface area contributed by atoms with E-state index in [1.54, 1.807) is 11.0 Å². The van der Waals surface area contributed by atoms with Gasteiger partial charge in [-0.1, -0.05) is 0 Å². The average Bonchev–Trinajstić information content (AvgIpc) is 3.16. The van der Waals surface area contributed by atoms with Gasteiger partial charge in [0.25, 0.3) is 0 Å². The molecular formula is C14H12N6S. The molecule has 0 aliphatic heterocycles. The third-order valence-electron chi connectivity index (χ3n) is 3.03. The van der Waals surface area contributed by atoms with E-state index < -0.39 is 0 Å². The second-order valence-corrected chi connectivity index (χ2v) is 5.66. The van der Waals surface area contributed by atoms with Crippen LogP contribution in [0.25, 0.3) is 5.69 Å². The summed E-state index contributed by atoms with van der Waals surface area (Å²) >= 11 is 1.50. The van der Waals surface area contributed by atoms with Gasteiger partial charge in [0.15, 0.2) is 0 Å². The molecule has 0 spiro atoms. The van der Waals surface area contributed by atoms with Gasteiger partial charge in [0.05, 0.1) is 5.69 Å². The van der Waals surface area contributed by atoms with Crippen molar-refractivity contribution in [2.45, 2.75) is 13.5 Å². The second-order valence-electron chi connectivity index (χ2n) is 4.49. The first-order valence-corrected chi connectivity index (χ1v) is 7.14. The minimum absolute atomic E-state index is 0.704. The van der Waals surface area contributed by atoms with Gasteiger partial charge in [0, 0.05) is 17.1 Å². The number of aromatic nitrogens is 4. The summed E-state index contributed by atoms with van der Waals surface area (Å²) in [5.41, 5.74) is 3.06. The van der Waals surface area contributed by atoms with Gasteiger partial charge in [-0.15, -0.1) is 16.4 Å². The van der Waals surface area contributed by atoms with E-state index in [9.17, 15) is 0 Å². The Morgan fingerprint density at radius 2 is 2.24 bits per heavy atom. The van der Waals surface area contributed by atoms with E-state index in [4.69, 9.17) is 5.26 Å². The molecule has 6 nitrogen and oxygen atoms in total. The fourth-order valence-electron chi connectivity index (χ4n) is 2.02. The number of thiophene rings is 1. The highest BCUT2D eigenvalue weighted by Gasteiger charge is 2.04. The minimum atomic E-state index is 0.704. The van der Waals surface area contributed by atoms with Gasteiger partial charge in [-0.3, -0.25) is 0 Å². The summed E-state index contributed by atoms with van der Waals surface area (Å²) in [7, 11) is 0. The van der Waals surface area contributed by atoms with Crippen molar-refractivity contribution in [2.24, 2.45) is 0 Å². The van der Waals surface area contributed by atoms with Crippen LogP contribution in [0.3, 0.4) is 0 Å². The largest absolute Gasteiger partial charge is 0.380 e. The Labute approximate surface area is 125 Å². The standard InChI is InChI=1S/C14H12N6S/c1-10-6-11(2-5-14(10)20-9-17-18-19-20)16-8-13-4-3-12(7-15)21-13/h2-6,9,16H,8H2,1H3. The molecule has 7 heteroatoms. The number of hydrogen-bond acceptors (Lipinski definition) is 6. The van der Waals surface area contributed by atoms with Crippen molar-refractivity contribution in [3.8, 4) is 11.8 Å². The van der Waals surface area contributed by atoms with E-state index in [0.717, 1.165) is 26.7 Å². The predicted molar refractivity (Wildman–Crippen MR) is 80.3 cm³/mol. The maximum Gasteiger partial charge on any atom is 0.143 e. The molecule has 1 N–H and O–H groups in total. The predicted octanol–water partition coefficient (Wildman–Crippen LogP) is 2.52. The lowest BCUT2D eigenvalue weighted by atomic mass is 10.2. The van der Waals surface area contributed by atoms with Gasteiger partial charge in [-0.2, -0.15) is 5.26 Å². The quantitative estimate of drug-likeness (QED) is 0.800. The lowest BCUT2D eigenvalue weighted by Crippen LogP contribution is -2.01. The van der Waals surface area contributed by atoms with Crippen LogP contribution < -0.4 is 5.32 Å². The Balaban J connectivity index is 1.72.